The minimum Gasteiger partial charge on any atom is -0.373 e. The topological polar surface area (TPSA) is 50.6 Å². The maximum Gasteiger partial charge on any atom is 0.274 e. The molecule has 5 rings (SSSR count). The lowest BCUT2D eigenvalue weighted by atomic mass is 10.1. The Balaban J connectivity index is 1.32. The van der Waals surface area contributed by atoms with E-state index in [1.807, 2.05) is 47.4 Å². The highest BCUT2D eigenvalue weighted by Crippen LogP contribution is 2.26. The van der Waals surface area contributed by atoms with E-state index < -0.39 is 0 Å². The molecule has 0 aliphatic carbocycles. The minimum absolute atomic E-state index is 0.0537. The average molecular weight is 420 g/mol. The number of amides is 1. The van der Waals surface area contributed by atoms with Crippen LogP contribution in [-0.4, -0.2) is 58.0 Å². The first kappa shape index (κ1) is 19.9. The summed E-state index contributed by atoms with van der Waals surface area (Å²) in [5.41, 5.74) is 3.03. The number of hydrogen-bond donors (Lipinski definition) is 0. The van der Waals surface area contributed by atoms with Gasteiger partial charge in [-0.05, 0) is 6.07 Å². The van der Waals surface area contributed by atoms with Gasteiger partial charge in [-0.1, -0.05) is 48.5 Å². The van der Waals surface area contributed by atoms with E-state index in [1.165, 1.54) is 6.07 Å². The molecule has 2 aromatic carbocycles. The highest BCUT2D eigenvalue weighted by Gasteiger charge is 2.30. The van der Waals surface area contributed by atoms with Crippen LogP contribution >= 0.6 is 0 Å². The third kappa shape index (κ3) is 3.98. The number of hydrogen-bond acceptors (Lipinski definition) is 4. The molecular weight excluding hydrogens is 395 g/mol. The minimum atomic E-state index is -0.181. The number of rotatable bonds is 4. The van der Waals surface area contributed by atoms with E-state index in [9.17, 15) is 9.18 Å². The number of piperazine rings is 1. The van der Waals surface area contributed by atoms with E-state index in [1.54, 1.807) is 6.07 Å². The number of fused-ring (bicyclic) bond motifs is 1. The first-order valence-corrected chi connectivity index (χ1v) is 10.7. The monoisotopic (exact) mass is 420 g/mol. The van der Waals surface area contributed by atoms with Crippen LogP contribution in [0.3, 0.4) is 0 Å². The van der Waals surface area contributed by atoms with Crippen molar-refractivity contribution in [1.29, 1.82) is 0 Å². The predicted octanol–water partition coefficient (Wildman–Crippen LogP) is 3.18. The number of carbonyl (C=O) groups is 1. The Morgan fingerprint density at radius 1 is 0.968 bits per heavy atom. The molecule has 3 heterocycles. The molecule has 3 aromatic rings. The Labute approximate surface area is 180 Å². The lowest BCUT2D eigenvalue weighted by molar-refractivity contribution is 0.0598. The Morgan fingerprint density at radius 2 is 1.71 bits per heavy atom. The van der Waals surface area contributed by atoms with Crippen molar-refractivity contribution in [2.75, 3.05) is 32.8 Å². The zero-order valence-electron chi connectivity index (χ0n) is 17.3. The van der Waals surface area contributed by atoms with E-state index in [2.05, 4.69) is 9.47 Å². The summed E-state index contributed by atoms with van der Waals surface area (Å²) in [4.78, 5) is 22.2. The largest absolute Gasteiger partial charge is 0.373 e. The lowest BCUT2D eigenvalue weighted by Gasteiger charge is -2.34. The van der Waals surface area contributed by atoms with Gasteiger partial charge in [-0.3, -0.25) is 9.69 Å². The molecule has 0 bridgehead atoms. The summed E-state index contributed by atoms with van der Waals surface area (Å²) < 4.78 is 21.7. The van der Waals surface area contributed by atoms with Crippen molar-refractivity contribution in [2.45, 2.75) is 19.7 Å². The van der Waals surface area contributed by atoms with Crippen LogP contribution in [0.15, 0.2) is 54.6 Å². The van der Waals surface area contributed by atoms with Crippen LogP contribution in [0.25, 0.3) is 11.4 Å². The van der Waals surface area contributed by atoms with Gasteiger partial charge in [0.1, 0.15) is 11.6 Å². The molecule has 2 aliphatic heterocycles. The number of nitrogens with zero attached hydrogens (tertiary/aromatic N) is 4. The molecular formula is C24H25FN4O2. The van der Waals surface area contributed by atoms with Crippen molar-refractivity contribution in [2.24, 2.45) is 0 Å². The Kier molecular flexibility index (Phi) is 5.53. The molecule has 7 heteroatoms. The van der Waals surface area contributed by atoms with Crippen LogP contribution in [0.4, 0.5) is 4.39 Å². The van der Waals surface area contributed by atoms with Crippen LogP contribution in [0.5, 0.6) is 0 Å². The van der Waals surface area contributed by atoms with Crippen molar-refractivity contribution in [3.8, 4) is 11.4 Å². The maximum absolute atomic E-state index is 14.0. The Hall–Kier alpha value is -3.03. The molecule has 1 saturated heterocycles. The molecule has 0 saturated carbocycles. The van der Waals surface area contributed by atoms with Gasteiger partial charge in [-0.15, -0.1) is 0 Å². The summed E-state index contributed by atoms with van der Waals surface area (Å²) in [6.07, 6.45) is 0. The molecule has 0 unspecified atom stereocenters. The SMILES string of the molecule is O=C(c1nc(-c2ccccc2)n2c1COCC2)N1CCN(Cc2ccccc2F)CC1. The molecule has 1 fully saturated rings. The summed E-state index contributed by atoms with van der Waals surface area (Å²) in [6.45, 7) is 4.87. The number of benzene rings is 2. The quantitative estimate of drug-likeness (QED) is 0.651. The summed E-state index contributed by atoms with van der Waals surface area (Å²) >= 11 is 0. The van der Waals surface area contributed by atoms with Crippen molar-refractivity contribution in [3.05, 3.63) is 77.4 Å². The zero-order chi connectivity index (χ0) is 21.2. The first-order valence-electron chi connectivity index (χ1n) is 10.7. The number of halogens is 1. The van der Waals surface area contributed by atoms with E-state index in [-0.39, 0.29) is 11.7 Å². The third-order valence-corrected chi connectivity index (χ3v) is 6.02. The fourth-order valence-corrected chi connectivity index (χ4v) is 4.30. The molecule has 2 aliphatic rings. The van der Waals surface area contributed by atoms with E-state index in [0.717, 1.165) is 17.1 Å². The molecule has 0 atom stereocenters. The average Bonchev–Trinajstić information content (AvgIpc) is 3.21. The third-order valence-electron chi connectivity index (χ3n) is 6.02. The molecule has 160 valence electrons. The Bertz CT molecular complexity index is 1070. The normalized spacial score (nSPS) is 16.9. The first-order chi connectivity index (χ1) is 15.2. The van der Waals surface area contributed by atoms with E-state index in [0.29, 0.717) is 63.7 Å². The number of imidazole rings is 1. The maximum atomic E-state index is 14.0. The van der Waals surface area contributed by atoms with Crippen LogP contribution in [0.1, 0.15) is 21.7 Å². The van der Waals surface area contributed by atoms with Crippen molar-refractivity contribution >= 4 is 5.91 Å². The van der Waals surface area contributed by atoms with Gasteiger partial charge in [0.05, 0.1) is 18.9 Å². The van der Waals surface area contributed by atoms with Gasteiger partial charge in [0, 0.05) is 50.4 Å². The summed E-state index contributed by atoms with van der Waals surface area (Å²) in [5, 5.41) is 0. The fraction of sp³-hybridized carbons (Fsp3) is 0.333. The van der Waals surface area contributed by atoms with E-state index >= 15 is 0 Å². The molecule has 1 aromatic heterocycles. The van der Waals surface area contributed by atoms with Crippen LogP contribution in [-0.2, 0) is 24.4 Å². The van der Waals surface area contributed by atoms with Gasteiger partial charge in [0.15, 0.2) is 5.69 Å². The highest BCUT2D eigenvalue weighted by molar-refractivity contribution is 5.94. The molecule has 0 spiro atoms. The smallest absolute Gasteiger partial charge is 0.274 e. The summed E-state index contributed by atoms with van der Waals surface area (Å²) in [7, 11) is 0. The second-order valence-corrected chi connectivity index (χ2v) is 7.96. The van der Waals surface area contributed by atoms with Gasteiger partial charge >= 0.3 is 0 Å². The standard InChI is InChI=1S/C24H25FN4O2/c25-20-9-5-4-8-19(20)16-27-10-12-28(13-11-27)24(30)22-21-17-31-15-14-29(21)23(26-22)18-6-2-1-3-7-18/h1-9H,10-17H2. The van der Waals surface area contributed by atoms with Gasteiger partial charge in [-0.2, -0.15) is 0 Å². The van der Waals surface area contributed by atoms with Gasteiger partial charge in [-0.25, -0.2) is 9.37 Å². The predicted molar refractivity (Wildman–Crippen MR) is 115 cm³/mol. The van der Waals surface area contributed by atoms with Crippen molar-refractivity contribution in [3.63, 3.8) is 0 Å². The molecule has 0 radical (unpaired) electrons. The van der Waals surface area contributed by atoms with Gasteiger partial charge < -0.3 is 14.2 Å². The Morgan fingerprint density at radius 3 is 2.48 bits per heavy atom. The number of aromatic nitrogens is 2. The molecule has 6 nitrogen and oxygen atoms in total. The lowest BCUT2D eigenvalue weighted by Crippen LogP contribution is -2.48. The number of ether oxygens (including phenoxy) is 1. The zero-order valence-corrected chi connectivity index (χ0v) is 17.3. The van der Waals surface area contributed by atoms with Crippen LogP contribution < -0.4 is 0 Å². The summed E-state index contributed by atoms with van der Waals surface area (Å²) in [6, 6.07) is 16.8. The fourth-order valence-electron chi connectivity index (χ4n) is 4.30. The molecule has 0 N–H and O–H groups in total. The second kappa shape index (κ2) is 8.61. The van der Waals surface area contributed by atoms with Crippen LogP contribution in [0, 0.1) is 5.82 Å². The highest BCUT2D eigenvalue weighted by atomic mass is 19.1. The van der Waals surface area contributed by atoms with Crippen molar-refractivity contribution in [1.82, 2.24) is 19.4 Å². The van der Waals surface area contributed by atoms with Gasteiger partial charge in [0.2, 0.25) is 0 Å². The summed E-state index contributed by atoms with van der Waals surface area (Å²) in [5.74, 6) is 0.585. The molecule has 1 amide bonds. The van der Waals surface area contributed by atoms with E-state index in [4.69, 9.17) is 9.72 Å². The number of carbonyl (C=O) groups excluding carboxylic acids is 1. The van der Waals surface area contributed by atoms with Crippen LogP contribution in [0.2, 0.25) is 0 Å². The second-order valence-electron chi connectivity index (χ2n) is 7.96. The van der Waals surface area contributed by atoms with Gasteiger partial charge in [0.25, 0.3) is 5.91 Å². The molecule has 31 heavy (non-hydrogen) atoms. The van der Waals surface area contributed by atoms with Crippen molar-refractivity contribution < 1.29 is 13.9 Å².